The van der Waals surface area contributed by atoms with Crippen LogP contribution in [-0.2, 0) is 0 Å². The molecule has 3 aromatic carbocycles. The van der Waals surface area contributed by atoms with Crippen molar-refractivity contribution in [3.05, 3.63) is 82.4 Å². The molecule has 4 rings (SSSR count). The zero-order chi connectivity index (χ0) is 20.4. The molecule has 144 valence electrons. The van der Waals surface area contributed by atoms with E-state index in [1.807, 2.05) is 24.3 Å². The third-order valence-corrected chi connectivity index (χ3v) is 6.81. The summed E-state index contributed by atoms with van der Waals surface area (Å²) < 4.78 is 0. The lowest BCUT2D eigenvalue weighted by Crippen LogP contribution is -2.34. The lowest BCUT2D eigenvalue weighted by atomic mass is 10.2. The minimum Gasteiger partial charge on any atom is -0.332 e. The number of hydrogen-bond donors (Lipinski definition) is 2. The van der Waals surface area contributed by atoms with Crippen molar-refractivity contribution in [2.45, 2.75) is 19.6 Å². The number of nitro benzene ring substituents is 1. The summed E-state index contributed by atoms with van der Waals surface area (Å²) in [7, 11) is 0. The van der Waals surface area contributed by atoms with Gasteiger partial charge in [-0.05, 0) is 54.7 Å². The lowest BCUT2D eigenvalue weighted by Gasteiger charge is -2.18. The Bertz CT molecular complexity index is 1130. The molecular weight excluding hydrogens is 426 g/mol. The predicted octanol–water partition coefficient (Wildman–Crippen LogP) is 5.34. The molecule has 0 bridgehead atoms. The molecule has 6 nitrogen and oxygen atoms in total. The molecule has 9 heteroatoms. The van der Waals surface area contributed by atoms with E-state index in [0.717, 1.165) is 14.7 Å². The van der Waals surface area contributed by atoms with Crippen LogP contribution in [0.5, 0.6) is 0 Å². The van der Waals surface area contributed by atoms with Crippen LogP contribution in [0.4, 0.5) is 11.4 Å². The van der Waals surface area contributed by atoms with E-state index < -0.39 is 4.92 Å². The topological polar surface area (TPSA) is 84.3 Å². The van der Waals surface area contributed by atoms with Gasteiger partial charge >= 0.3 is 0 Å². The van der Waals surface area contributed by atoms with Crippen LogP contribution in [0.25, 0.3) is 0 Å². The maximum Gasteiger partial charge on any atom is 0.269 e. The minimum atomic E-state index is -0.478. The predicted molar refractivity (Wildman–Crippen MR) is 118 cm³/mol. The first kappa shape index (κ1) is 19.4. The number of nitrogens with one attached hydrogen (secondary N) is 2. The number of non-ortho nitro benzene ring substituents is 1. The molecule has 3 aromatic rings. The SMILES string of the molecule is O=C(NC(=S)Nc1ccc([N+](=O)[O-])cc1)c1ccc2c(c1)Sc1ccccc1S2. The van der Waals surface area contributed by atoms with Gasteiger partial charge in [-0.3, -0.25) is 20.2 Å². The number of nitro groups is 1. The summed E-state index contributed by atoms with van der Waals surface area (Å²) >= 11 is 8.50. The second-order valence-electron chi connectivity index (χ2n) is 6.02. The van der Waals surface area contributed by atoms with Gasteiger partial charge in [0.1, 0.15) is 0 Å². The summed E-state index contributed by atoms with van der Waals surface area (Å²) in [5.41, 5.74) is 1.04. The molecule has 1 aliphatic heterocycles. The second-order valence-corrected chi connectivity index (χ2v) is 8.60. The van der Waals surface area contributed by atoms with Crippen molar-refractivity contribution in [1.82, 2.24) is 5.32 Å². The molecule has 1 aliphatic rings. The van der Waals surface area contributed by atoms with Gasteiger partial charge in [0.05, 0.1) is 4.92 Å². The van der Waals surface area contributed by atoms with Crippen LogP contribution < -0.4 is 10.6 Å². The molecule has 1 heterocycles. The molecule has 29 heavy (non-hydrogen) atoms. The highest BCUT2D eigenvalue weighted by Gasteiger charge is 2.18. The lowest BCUT2D eigenvalue weighted by molar-refractivity contribution is -0.384. The fourth-order valence-corrected chi connectivity index (χ4v) is 5.14. The number of thiocarbonyl (C=S) groups is 1. The minimum absolute atomic E-state index is 0.0171. The number of nitrogens with zero attached hydrogens (tertiary/aromatic N) is 1. The molecule has 0 unspecified atom stereocenters. The Morgan fingerprint density at radius 2 is 1.52 bits per heavy atom. The smallest absolute Gasteiger partial charge is 0.269 e. The number of hydrogen-bond acceptors (Lipinski definition) is 6. The highest BCUT2D eigenvalue weighted by molar-refractivity contribution is 8.05. The molecule has 0 aliphatic carbocycles. The third kappa shape index (κ3) is 4.42. The number of rotatable bonds is 3. The first-order chi connectivity index (χ1) is 14.0. The van der Waals surface area contributed by atoms with Gasteiger partial charge in [0.2, 0.25) is 0 Å². The number of carbonyl (C=O) groups is 1. The Morgan fingerprint density at radius 1 is 0.897 bits per heavy atom. The Hall–Kier alpha value is -2.88. The van der Waals surface area contributed by atoms with Crippen LogP contribution in [0.1, 0.15) is 10.4 Å². The van der Waals surface area contributed by atoms with Crippen LogP contribution in [0.3, 0.4) is 0 Å². The van der Waals surface area contributed by atoms with Crippen LogP contribution in [0.15, 0.2) is 86.3 Å². The largest absolute Gasteiger partial charge is 0.332 e. The molecule has 0 atom stereocenters. The van der Waals surface area contributed by atoms with Crippen molar-refractivity contribution in [2.75, 3.05) is 5.32 Å². The van der Waals surface area contributed by atoms with Crippen LogP contribution >= 0.6 is 35.7 Å². The van der Waals surface area contributed by atoms with Gasteiger partial charge in [-0.2, -0.15) is 0 Å². The number of anilines is 1. The van der Waals surface area contributed by atoms with E-state index in [-0.39, 0.29) is 16.7 Å². The first-order valence-corrected chi connectivity index (χ1v) is 10.5. The highest BCUT2D eigenvalue weighted by atomic mass is 32.2. The molecule has 0 spiro atoms. The maximum atomic E-state index is 12.6. The van der Waals surface area contributed by atoms with Gasteiger partial charge in [-0.25, -0.2) is 0 Å². The average molecular weight is 440 g/mol. The van der Waals surface area contributed by atoms with Crippen molar-refractivity contribution in [1.29, 1.82) is 0 Å². The van der Waals surface area contributed by atoms with Crippen molar-refractivity contribution in [3.8, 4) is 0 Å². The summed E-state index contributed by atoms with van der Waals surface area (Å²) in [4.78, 5) is 27.3. The molecule has 0 aromatic heterocycles. The van der Waals surface area contributed by atoms with E-state index in [9.17, 15) is 14.9 Å². The quantitative estimate of drug-likeness (QED) is 0.253. The average Bonchev–Trinajstić information content (AvgIpc) is 2.72. The number of benzene rings is 3. The summed E-state index contributed by atoms with van der Waals surface area (Å²) in [6, 6.07) is 19.5. The van der Waals surface area contributed by atoms with Gasteiger partial charge in [-0.15, -0.1) is 0 Å². The number of amides is 1. The maximum absolute atomic E-state index is 12.6. The first-order valence-electron chi connectivity index (χ1n) is 8.45. The molecule has 2 N–H and O–H groups in total. The van der Waals surface area contributed by atoms with Gasteiger partial charge in [0.25, 0.3) is 11.6 Å². The molecule has 0 saturated carbocycles. The number of carbonyl (C=O) groups excluding carboxylic acids is 1. The monoisotopic (exact) mass is 439 g/mol. The molecule has 1 amide bonds. The van der Waals surface area contributed by atoms with Crippen molar-refractivity contribution in [3.63, 3.8) is 0 Å². The van der Waals surface area contributed by atoms with E-state index in [1.165, 1.54) is 29.2 Å². The van der Waals surface area contributed by atoms with Gasteiger partial charge < -0.3 is 5.32 Å². The Balaban J connectivity index is 1.42. The number of fused-ring (bicyclic) bond motifs is 2. The van der Waals surface area contributed by atoms with E-state index in [2.05, 4.69) is 22.8 Å². The second kappa shape index (κ2) is 8.24. The normalized spacial score (nSPS) is 11.7. The van der Waals surface area contributed by atoms with E-state index in [1.54, 1.807) is 29.6 Å². The van der Waals surface area contributed by atoms with Gasteiger partial charge in [0.15, 0.2) is 5.11 Å². The third-order valence-electron chi connectivity index (χ3n) is 4.06. The molecule has 0 fully saturated rings. The molecule has 0 radical (unpaired) electrons. The van der Waals surface area contributed by atoms with Crippen molar-refractivity contribution in [2.24, 2.45) is 0 Å². The van der Waals surface area contributed by atoms with E-state index in [0.29, 0.717) is 11.3 Å². The standard InChI is InChI=1S/C20H13N3O3S3/c24-19(22-20(27)21-13-6-8-14(9-7-13)23(25)26)12-5-10-17-18(11-12)29-16-4-2-1-3-15(16)28-17/h1-11H,(H2,21,22,24,27). The van der Waals surface area contributed by atoms with Crippen LogP contribution in [0, 0.1) is 10.1 Å². The van der Waals surface area contributed by atoms with Crippen LogP contribution in [0.2, 0.25) is 0 Å². The summed E-state index contributed by atoms with van der Waals surface area (Å²) in [5, 5.41) is 16.3. The molecular formula is C20H13N3O3S3. The fraction of sp³-hybridized carbons (Fsp3) is 0. The Morgan fingerprint density at radius 3 is 2.17 bits per heavy atom. The van der Waals surface area contributed by atoms with E-state index in [4.69, 9.17) is 12.2 Å². The Kier molecular flexibility index (Phi) is 5.52. The van der Waals surface area contributed by atoms with Crippen LogP contribution in [-0.4, -0.2) is 15.9 Å². The van der Waals surface area contributed by atoms with Crippen molar-refractivity contribution < 1.29 is 9.72 Å². The van der Waals surface area contributed by atoms with Crippen molar-refractivity contribution >= 4 is 58.1 Å². The van der Waals surface area contributed by atoms with E-state index >= 15 is 0 Å². The zero-order valence-electron chi connectivity index (χ0n) is 14.7. The van der Waals surface area contributed by atoms with Gasteiger partial charge in [-0.1, -0.05) is 35.7 Å². The Labute approximate surface area is 180 Å². The molecule has 0 saturated heterocycles. The zero-order valence-corrected chi connectivity index (χ0v) is 17.2. The highest BCUT2D eigenvalue weighted by Crippen LogP contribution is 2.48. The fourth-order valence-electron chi connectivity index (χ4n) is 2.67. The summed E-state index contributed by atoms with van der Waals surface area (Å²) in [6.45, 7) is 0. The summed E-state index contributed by atoms with van der Waals surface area (Å²) in [6.07, 6.45) is 0. The van der Waals surface area contributed by atoms with Gasteiger partial charge in [0, 0.05) is 43.0 Å². The summed E-state index contributed by atoms with van der Waals surface area (Å²) in [5.74, 6) is -0.323.